The van der Waals surface area contributed by atoms with Crippen molar-refractivity contribution < 1.29 is 15.0 Å². The van der Waals surface area contributed by atoms with Crippen LogP contribution in [0.5, 0.6) is 0 Å². The van der Waals surface area contributed by atoms with Crippen molar-refractivity contribution in [3.63, 3.8) is 0 Å². The molecule has 0 aromatic rings. The highest BCUT2D eigenvalue weighted by molar-refractivity contribution is 5.76. The third kappa shape index (κ3) is 30.4. The second-order valence-corrected chi connectivity index (χ2v) is 12.7. The lowest BCUT2D eigenvalue weighted by Gasteiger charge is -2.20. The largest absolute Gasteiger partial charge is 0.394 e. The fourth-order valence-corrected chi connectivity index (χ4v) is 5.65. The number of unbranched alkanes of at least 4 members (excludes halogenated alkanes) is 26. The van der Waals surface area contributed by atoms with Crippen LogP contribution in [-0.4, -0.2) is 34.9 Å². The lowest BCUT2D eigenvalue weighted by Crippen LogP contribution is -2.45. The minimum atomic E-state index is -0.829. The number of allylic oxidation sites excluding steroid dienone is 1. The van der Waals surface area contributed by atoms with Gasteiger partial charge < -0.3 is 15.5 Å². The molecule has 0 rings (SSSR count). The molecule has 41 heavy (non-hydrogen) atoms. The maximum Gasteiger partial charge on any atom is 0.220 e. The normalized spacial score (nSPS) is 13.2. The van der Waals surface area contributed by atoms with E-state index >= 15 is 0 Å². The third-order valence-corrected chi connectivity index (χ3v) is 8.52. The molecule has 0 saturated heterocycles. The van der Waals surface area contributed by atoms with Crippen LogP contribution >= 0.6 is 0 Å². The number of nitrogens with one attached hydrogen (secondary N) is 1. The highest BCUT2D eigenvalue weighted by atomic mass is 16.3. The third-order valence-electron chi connectivity index (χ3n) is 8.52. The van der Waals surface area contributed by atoms with Crippen molar-refractivity contribution in [1.82, 2.24) is 5.32 Å². The first-order valence-electron chi connectivity index (χ1n) is 18.4. The Morgan fingerprint density at radius 1 is 0.561 bits per heavy atom. The number of rotatable bonds is 33. The molecule has 3 N–H and O–H groups in total. The number of amides is 1. The summed E-state index contributed by atoms with van der Waals surface area (Å²) in [5.74, 6) is -0.0667. The zero-order valence-corrected chi connectivity index (χ0v) is 27.8. The Kier molecular flexibility index (Phi) is 32.9. The van der Waals surface area contributed by atoms with Crippen molar-refractivity contribution in [2.75, 3.05) is 6.61 Å². The molecule has 2 unspecified atom stereocenters. The van der Waals surface area contributed by atoms with Gasteiger partial charge >= 0.3 is 0 Å². The number of hydrogen-bond donors (Lipinski definition) is 3. The van der Waals surface area contributed by atoms with Crippen molar-refractivity contribution in [2.45, 2.75) is 212 Å². The fourth-order valence-electron chi connectivity index (χ4n) is 5.65. The van der Waals surface area contributed by atoms with E-state index in [-0.39, 0.29) is 12.5 Å². The molecule has 0 fully saturated rings. The van der Waals surface area contributed by atoms with E-state index in [9.17, 15) is 15.0 Å². The van der Waals surface area contributed by atoms with E-state index in [2.05, 4.69) is 19.2 Å². The summed E-state index contributed by atoms with van der Waals surface area (Å²) in [6, 6.07) is -0.612. The van der Waals surface area contributed by atoms with Crippen LogP contribution in [-0.2, 0) is 4.79 Å². The molecule has 1 amide bonds. The van der Waals surface area contributed by atoms with Crippen LogP contribution in [0.1, 0.15) is 200 Å². The molecule has 0 aliphatic heterocycles. The van der Waals surface area contributed by atoms with E-state index in [4.69, 9.17) is 0 Å². The van der Waals surface area contributed by atoms with Gasteiger partial charge in [-0.15, -0.1) is 0 Å². The summed E-state index contributed by atoms with van der Waals surface area (Å²) in [6.45, 7) is 4.24. The van der Waals surface area contributed by atoms with Gasteiger partial charge in [0.1, 0.15) is 0 Å². The summed E-state index contributed by atoms with van der Waals surface area (Å²) >= 11 is 0. The van der Waals surface area contributed by atoms with E-state index in [0.717, 1.165) is 25.7 Å². The first kappa shape index (κ1) is 40.1. The zero-order valence-electron chi connectivity index (χ0n) is 27.8. The smallest absolute Gasteiger partial charge is 0.220 e. The van der Waals surface area contributed by atoms with E-state index in [0.29, 0.717) is 6.42 Å². The maximum absolute atomic E-state index is 12.2. The maximum atomic E-state index is 12.2. The molecule has 4 nitrogen and oxygen atoms in total. The summed E-state index contributed by atoms with van der Waals surface area (Å²) in [5, 5.41) is 22.6. The lowest BCUT2D eigenvalue weighted by molar-refractivity contribution is -0.123. The zero-order chi connectivity index (χ0) is 30.1. The van der Waals surface area contributed by atoms with Crippen molar-refractivity contribution in [2.24, 2.45) is 0 Å². The average molecular weight is 580 g/mol. The highest BCUT2D eigenvalue weighted by Crippen LogP contribution is 2.15. The topological polar surface area (TPSA) is 69.6 Å². The molecule has 0 aliphatic carbocycles. The Balaban J connectivity index is 3.41. The summed E-state index contributed by atoms with van der Waals surface area (Å²) in [6.07, 6.45) is 40.4. The molecule has 0 aromatic carbocycles. The summed E-state index contributed by atoms with van der Waals surface area (Å²) in [4.78, 5) is 12.2. The Labute approximate surface area is 256 Å². The molecule has 0 saturated carbocycles. The molecule has 0 heterocycles. The Bertz CT molecular complexity index is 550. The minimum Gasteiger partial charge on any atom is -0.394 e. The van der Waals surface area contributed by atoms with Gasteiger partial charge in [0.2, 0.25) is 5.91 Å². The summed E-state index contributed by atoms with van der Waals surface area (Å²) < 4.78 is 0. The monoisotopic (exact) mass is 580 g/mol. The van der Waals surface area contributed by atoms with Gasteiger partial charge in [-0.2, -0.15) is 0 Å². The molecule has 2 atom stereocenters. The number of aliphatic hydroxyl groups is 2. The molecule has 244 valence electrons. The summed E-state index contributed by atoms with van der Waals surface area (Å²) in [5.41, 5.74) is 0. The molecule has 0 aromatic heterocycles. The van der Waals surface area contributed by atoms with Crippen LogP contribution in [0.3, 0.4) is 0 Å². The van der Waals surface area contributed by atoms with Crippen molar-refractivity contribution in [3.8, 4) is 0 Å². The quantitative estimate of drug-likeness (QED) is 0.0535. The molecule has 0 aliphatic rings. The van der Waals surface area contributed by atoms with Crippen molar-refractivity contribution in [3.05, 3.63) is 12.2 Å². The molecule has 0 spiro atoms. The standard InChI is InChI=1S/C37H73NO3/c1-3-5-7-9-11-12-13-14-15-16-17-18-19-20-21-22-23-24-25-26-27-29-31-33-37(41)38-35(34-39)36(40)32-30-28-10-8-6-4-2/h30,32,35-36,39-40H,3-29,31,33-34H2,1-2H3,(H,38,41)/b32-30+. The van der Waals surface area contributed by atoms with Gasteiger partial charge in [0, 0.05) is 6.42 Å². The first-order valence-corrected chi connectivity index (χ1v) is 18.4. The predicted octanol–water partition coefficient (Wildman–Crippen LogP) is 10.7. The SMILES string of the molecule is CCCCCC/C=C/C(O)C(CO)NC(=O)CCCCCCCCCCCCCCCCCCCCCCCCC. The fraction of sp³-hybridized carbons (Fsp3) is 0.919. The van der Waals surface area contributed by atoms with Gasteiger partial charge in [0.05, 0.1) is 18.8 Å². The van der Waals surface area contributed by atoms with E-state index in [1.807, 2.05) is 6.08 Å². The van der Waals surface area contributed by atoms with Crippen LogP contribution in [0.15, 0.2) is 12.2 Å². The second-order valence-electron chi connectivity index (χ2n) is 12.7. The van der Waals surface area contributed by atoms with Crippen LogP contribution in [0, 0.1) is 0 Å². The van der Waals surface area contributed by atoms with Crippen molar-refractivity contribution >= 4 is 5.91 Å². The average Bonchev–Trinajstić information content (AvgIpc) is 2.97. The second kappa shape index (κ2) is 33.6. The molecule has 0 bridgehead atoms. The van der Waals surface area contributed by atoms with E-state index in [1.54, 1.807) is 6.08 Å². The van der Waals surface area contributed by atoms with Gasteiger partial charge in [-0.1, -0.05) is 187 Å². The molecular weight excluding hydrogens is 506 g/mol. The van der Waals surface area contributed by atoms with Crippen LogP contribution in [0.2, 0.25) is 0 Å². The highest BCUT2D eigenvalue weighted by Gasteiger charge is 2.17. The minimum absolute atomic E-state index is 0.0667. The van der Waals surface area contributed by atoms with E-state index in [1.165, 1.54) is 154 Å². The van der Waals surface area contributed by atoms with Crippen molar-refractivity contribution in [1.29, 1.82) is 0 Å². The summed E-state index contributed by atoms with van der Waals surface area (Å²) in [7, 11) is 0. The Morgan fingerprint density at radius 2 is 0.902 bits per heavy atom. The van der Waals surface area contributed by atoms with Gasteiger partial charge in [-0.05, 0) is 19.3 Å². The van der Waals surface area contributed by atoms with Gasteiger partial charge in [-0.3, -0.25) is 4.79 Å². The number of aliphatic hydroxyl groups excluding tert-OH is 2. The number of carbonyl (C=O) groups excluding carboxylic acids is 1. The molecule has 4 heteroatoms. The van der Waals surface area contributed by atoms with Crippen LogP contribution in [0.4, 0.5) is 0 Å². The van der Waals surface area contributed by atoms with E-state index < -0.39 is 12.1 Å². The molecular formula is C37H73NO3. The number of hydrogen-bond acceptors (Lipinski definition) is 3. The van der Waals surface area contributed by atoms with Gasteiger partial charge in [-0.25, -0.2) is 0 Å². The Hall–Kier alpha value is -0.870. The Morgan fingerprint density at radius 3 is 1.27 bits per heavy atom. The first-order chi connectivity index (χ1) is 20.2. The van der Waals surface area contributed by atoms with Gasteiger partial charge in [0.15, 0.2) is 0 Å². The van der Waals surface area contributed by atoms with Crippen LogP contribution < -0.4 is 5.32 Å². The predicted molar refractivity (Wildman–Crippen MR) is 179 cm³/mol. The van der Waals surface area contributed by atoms with Gasteiger partial charge in [0.25, 0.3) is 0 Å². The molecule has 0 radical (unpaired) electrons. The number of carbonyl (C=O) groups is 1. The van der Waals surface area contributed by atoms with Crippen LogP contribution in [0.25, 0.3) is 0 Å². The lowest BCUT2D eigenvalue weighted by atomic mass is 10.0.